The molecule has 118 valence electrons. The number of benzene rings is 1. The molecule has 0 saturated heterocycles. The van der Waals surface area contributed by atoms with Crippen molar-refractivity contribution in [3.63, 3.8) is 0 Å². The topological polar surface area (TPSA) is 71.2 Å². The van der Waals surface area contributed by atoms with Crippen LogP contribution >= 0.6 is 11.3 Å². The van der Waals surface area contributed by atoms with Crippen molar-refractivity contribution < 1.29 is 5.11 Å². The second-order valence-corrected chi connectivity index (χ2v) is 7.13. The second kappa shape index (κ2) is 7.33. The molecule has 1 aromatic carbocycles. The van der Waals surface area contributed by atoms with E-state index in [1.165, 1.54) is 15.4 Å². The van der Waals surface area contributed by atoms with Crippen LogP contribution in [0.4, 0.5) is 0 Å². The molecule has 1 aliphatic carbocycles. The molecular weight excluding hydrogens is 294 g/mol. The van der Waals surface area contributed by atoms with Crippen LogP contribution in [0.5, 0.6) is 0 Å². The fourth-order valence-corrected chi connectivity index (χ4v) is 4.33. The first-order valence-corrected chi connectivity index (χ1v) is 8.73. The number of hydrogen-bond acceptors (Lipinski definition) is 5. The van der Waals surface area contributed by atoms with E-state index in [0.717, 1.165) is 32.1 Å². The van der Waals surface area contributed by atoms with Gasteiger partial charge in [-0.1, -0.05) is 30.3 Å². The third kappa shape index (κ3) is 3.73. The predicted molar refractivity (Wildman–Crippen MR) is 90.2 cm³/mol. The number of thiazole rings is 1. The maximum atomic E-state index is 9.58. The summed E-state index contributed by atoms with van der Waals surface area (Å²) in [5.74, 6) is 6.39. The van der Waals surface area contributed by atoms with Crippen molar-refractivity contribution in [1.29, 1.82) is 0 Å². The van der Waals surface area contributed by atoms with Crippen molar-refractivity contribution in [3.8, 4) is 10.4 Å². The van der Waals surface area contributed by atoms with Crippen LogP contribution in [0.25, 0.3) is 10.4 Å². The Labute approximate surface area is 135 Å². The van der Waals surface area contributed by atoms with Gasteiger partial charge in [0.1, 0.15) is 6.23 Å². The lowest BCUT2D eigenvalue weighted by Crippen LogP contribution is -2.36. The third-order valence-corrected chi connectivity index (χ3v) is 5.74. The van der Waals surface area contributed by atoms with E-state index >= 15 is 0 Å². The van der Waals surface area contributed by atoms with Crippen molar-refractivity contribution in [3.05, 3.63) is 41.5 Å². The van der Waals surface area contributed by atoms with Crippen molar-refractivity contribution >= 4 is 11.3 Å². The average Bonchev–Trinajstić information content (AvgIpc) is 3.06. The third-order valence-electron chi connectivity index (χ3n) is 4.53. The van der Waals surface area contributed by atoms with Gasteiger partial charge in [-0.25, -0.2) is 10.4 Å². The number of aromatic nitrogens is 1. The molecule has 3 rings (SSSR count). The van der Waals surface area contributed by atoms with E-state index in [-0.39, 0.29) is 0 Å². The van der Waals surface area contributed by atoms with Gasteiger partial charge in [-0.05, 0) is 43.6 Å². The Morgan fingerprint density at radius 3 is 2.64 bits per heavy atom. The zero-order valence-corrected chi connectivity index (χ0v) is 13.4. The summed E-state index contributed by atoms with van der Waals surface area (Å²) in [6, 6.07) is 10.4. The molecule has 1 aromatic heterocycles. The molecule has 0 bridgehead atoms. The molecule has 4 N–H and O–H groups in total. The number of nitrogens with one attached hydrogen (secondary N) is 1. The van der Waals surface area contributed by atoms with Crippen molar-refractivity contribution in [2.75, 3.05) is 0 Å². The van der Waals surface area contributed by atoms with Gasteiger partial charge in [0.05, 0.1) is 9.88 Å². The molecule has 1 fully saturated rings. The molecule has 0 spiro atoms. The van der Waals surface area contributed by atoms with Crippen LogP contribution in [0.2, 0.25) is 0 Å². The highest BCUT2D eigenvalue weighted by Gasteiger charge is 2.25. The quantitative estimate of drug-likeness (QED) is 0.450. The summed E-state index contributed by atoms with van der Waals surface area (Å²) in [4.78, 5) is 5.91. The van der Waals surface area contributed by atoms with Crippen LogP contribution in [0.15, 0.2) is 36.5 Å². The van der Waals surface area contributed by atoms with Gasteiger partial charge in [0.25, 0.3) is 0 Å². The lowest BCUT2D eigenvalue weighted by molar-refractivity contribution is 0.0972. The summed E-state index contributed by atoms with van der Waals surface area (Å²) >= 11 is 1.82. The maximum absolute atomic E-state index is 9.58. The van der Waals surface area contributed by atoms with Crippen molar-refractivity contribution in [2.45, 2.75) is 44.2 Å². The van der Waals surface area contributed by atoms with Crippen LogP contribution in [0.1, 0.15) is 43.0 Å². The number of aliphatic hydroxyl groups excluding tert-OH is 1. The minimum Gasteiger partial charge on any atom is -0.377 e. The fraction of sp³-hybridized carbons (Fsp3) is 0.471. The lowest BCUT2D eigenvalue weighted by Gasteiger charge is -2.28. The molecule has 1 atom stereocenters. The highest BCUT2D eigenvalue weighted by atomic mass is 32.1. The Bertz CT molecular complexity index is 579. The molecule has 1 heterocycles. The second-order valence-electron chi connectivity index (χ2n) is 6.06. The van der Waals surface area contributed by atoms with E-state index in [4.69, 9.17) is 5.84 Å². The molecule has 22 heavy (non-hydrogen) atoms. The molecule has 0 aliphatic heterocycles. The lowest BCUT2D eigenvalue weighted by atomic mass is 9.80. The Morgan fingerprint density at radius 2 is 1.95 bits per heavy atom. The highest BCUT2D eigenvalue weighted by Crippen LogP contribution is 2.40. The molecule has 1 unspecified atom stereocenters. The van der Waals surface area contributed by atoms with Crippen LogP contribution in [-0.2, 0) is 0 Å². The number of nitrogens with two attached hydrogens (primary N) is 1. The minimum absolute atomic E-state index is 0.566. The molecule has 1 saturated carbocycles. The number of hydrazine groups is 1. The smallest absolute Gasteiger partial charge is 0.117 e. The van der Waals surface area contributed by atoms with Gasteiger partial charge in [0, 0.05) is 12.1 Å². The molecule has 5 heteroatoms. The van der Waals surface area contributed by atoms with Crippen LogP contribution in [0, 0.1) is 5.92 Å². The Kier molecular flexibility index (Phi) is 5.20. The van der Waals surface area contributed by atoms with Gasteiger partial charge in [0.2, 0.25) is 0 Å². The highest BCUT2D eigenvalue weighted by molar-refractivity contribution is 7.15. The molecule has 0 radical (unpaired) electrons. The summed E-state index contributed by atoms with van der Waals surface area (Å²) in [5, 5.41) is 10.8. The summed E-state index contributed by atoms with van der Waals surface area (Å²) in [6.45, 7) is 0. The number of hydrogen-bond donors (Lipinski definition) is 3. The summed E-state index contributed by atoms with van der Waals surface area (Å²) in [6.07, 6.45) is 6.77. The Morgan fingerprint density at radius 1 is 1.23 bits per heavy atom. The Balaban J connectivity index is 1.59. The van der Waals surface area contributed by atoms with Crippen LogP contribution < -0.4 is 11.3 Å². The molecule has 2 aromatic rings. The van der Waals surface area contributed by atoms with Gasteiger partial charge in [0.15, 0.2) is 0 Å². The summed E-state index contributed by atoms with van der Waals surface area (Å²) < 4.78 is 0. The minimum atomic E-state index is -0.578. The van der Waals surface area contributed by atoms with Crippen LogP contribution in [0.3, 0.4) is 0 Å². The van der Waals surface area contributed by atoms with Crippen molar-refractivity contribution in [2.24, 2.45) is 11.8 Å². The van der Waals surface area contributed by atoms with E-state index in [2.05, 4.69) is 34.7 Å². The zero-order chi connectivity index (χ0) is 15.4. The molecule has 4 nitrogen and oxygen atoms in total. The number of aliphatic hydroxyl groups is 1. The van der Waals surface area contributed by atoms with Gasteiger partial charge < -0.3 is 5.11 Å². The fourth-order valence-electron chi connectivity index (χ4n) is 3.24. The monoisotopic (exact) mass is 317 g/mol. The summed E-state index contributed by atoms with van der Waals surface area (Å²) in [7, 11) is 0. The van der Waals surface area contributed by atoms with E-state index in [1.54, 1.807) is 0 Å². The molecular formula is C17H23N3OS. The van der Waals surface area contributed by atoms with Gasteiger partial charge >= 0.3 is 0 Å². The molecule has 1 aliphatic rings. The van der Waals surface area contributed by atoms with Gasteiger partial charge in [-0.15, -0.1) is 11.3 Å². The van der Waals surface area contributed by atoms with E-state index < -0.39 is 6.23 Å². The van der Waals surface area contributed by atoms with Crippen molar-refractivity contribution in [1.82, 2.24) is 10.4 Å². The normalized spacial score (nSPS) is 23.4. The van der Waals surface area contributed by atoms with Crippen LogP contribution in [-0.4, -0.2) is 16.3 Å². The maximum Gasteiger partial charge on any atom is 0.117 e. The van der Waals surface area contributed by atoms with Gasteiger partial charge in [-0.3, -0.25) is 5.84 Å². The van der Waals surface area contributed by atoms with Gasteiger partial charge in [-0.2, -0.15) is 0 Å². The standard InChI is InChI=1S/C17H23N3OS/c18-20-16(21)10-12-6-8-14(9-7-12)17-19-11-15(22-17)13-4-2-1-3-5-13/h1-5,11-12,14,16,20-21H,6-10,18H2. The first-order valence-electron chi connectivity index (χ1n) is 7.91. The van der Waals surface area contributed by atoms with E-state index in [9.17, 15) is 5.11 Å². The first kappa shape index (κ1) is 15.6. The van der Waals surface area contributed by atoms with E-state index in [1.807, 2.05) is 23.6 Å². The Hall–Kier alpha value is -1.27. The SMILES string of the molecule is NNC(O)CC1CCC(c2ncc(-c3ccccc3)s2)CC1. The summed E-state index contributed by atoms with van der Waals surface area (Å²) in [5.41, 5.74) is 3.67. The first-order chi connectivity index (χ1) is 10.8. The largest absolute Gasteiger partial charge is 0.377 e. The zero-order valence-electron chi connectivity index (χ0n) is 12.6. The molecule has 0 amide bonds. The average molecular weight is 317 g/mol. The van der Waals surface area contributed by atoms with E-state index in [0.29, 0.717) is 11.8 Å². The number of rotatable bonds is 5. The predicted octanol–water partition coefficient (Wildman–Crippen LogP) is 3.26. The number of nitrogens with zero attached hydrogens (tertiary/aromatic N) is 1.